The van der Waals surface area contributed by atoms with Gasteiger partial charge in [0.1, 0.15) is 0 Å². The number of rotatable bonds is 1. The third-order valence-electron chi connectivity index (χ3n) is 1.23. The van der Waals surface area contributed by atoms with Gasteiger partial charge in [-0.05, 0) is 12.1 Å². The molecule has 1 aromatic rings. The van der Waals surface area contributed by atoms with Crippen LogP contribution in [0.1, 0.15) is 13.8 Å². The molecule has 0 unspecified atom stereocenters. The summed E-state index contributed by atoms with van der Waals surface area (Å²) in [6.45, 7) is 4.00. The van der Waals surface area contributed by atoms with Gasteiger partial charge in [0.15, 0.2) is 0 Å². The molecule has 0 atom stereocenters. The van der Waals surface area contributed by atoms with Crippen molar-refractivity contribution in [3.05, 3.63) is 24.3 Å². The highest BCUT2D eigenvalue weighted by Gasteiger charge is 1.89. The Morgan fingerprint density at radius 2 is 1.73 bits per heavy atom. The number of nitrogens with one attached hydrogen (secondary N) is 1. The van der Waals surface area contributed by atoms with E-state index in [2.05, 4.69) is 5.32 Å². The Balaban J connectivity index is 0.000000461. The molecule has 0 amide bonds. The fourth-order valence-corrected chi connectivity index (χ4v) is 0.725. The lowest BCUT2D eigenvalue weighted by atomic mass is 10.3. The van der Waals surface area contributed by atoms with Gasteiger partial charge in [-0.1, -0.05) is 26.0 Å². The van der Waals surface area contributed by atoms with Crippen molar-refractivity contribution in [2.45, 2.75) is 13.8 Å². The first-order valence-electron chi connectivity index (χ1n) is 3.87. The fraction of sp³-hybridized carbons (Fsp3) is 0.333. The second kappa shape index (κ2) is 5.59. The average Bonchev–Trinajstić information content (AvgIpc) is 2.09. The SMILES string of the molecule is CC.CNc1ccccc1N. The van der Waals surface area contributed by atoms with Crippen molar-refractivity contribution >= 4 is 11.4 Å². The molecule has 62 valence electrons. The molecule has 2 nitrogen and oxygen atoms in total. The highest BCUT2D eigenvalue weighted by Crippen LogP contribution is 2.14. The standard InChI is InChI=1S/C7H10N2.C2H6/c1-9-7-5-3-2-4-6(7)8;1-2/h2-5,9H,8H2,1H3;1-2H3. The molecule has 0 aliphatic rings. The van der Waals surface area contributed by atoms with Gasteiger partial charge in [-0.15, -0.1) is 0 Å². The molecule has 0 fully saturated rings. The molecule has 3 N–H and O–H groups in total. The molecule has 0 spiro atoms. The lowest BCUT2D eigenvalue weighted by Crippen LogP contribution is -1.93. The number of hydrogen-bond donors (Lipinski definition) is 2. The Bertz CT molecular complexity index is 197. The lowest BCUT2D eigenvalue weighted by Gasteiger charge is -2.01. The number of anilines is 2. The van der Waals surface area contributed by atoms with Crippen LogP contribution in [0, 0.1) is 0 Å². The van der Waals surface area contributed by atoms with Gasteiger partial charge in [0, 0.05) is 7.05 Å². The van der Waals surface area contributed by atoms with Crippen LogP contribution in [0.25, 0.3) is 0 Å². The van der Waals surface area contributed by atoms with Crippen molar-refractivity contribution in [1.82, 2.24) is 0 Å². The molecule has 1 aromatic carbocycles. The maximum Gasteiger partial charge on any atom is 0.0571 e. The summed E-state index contributed by atoms with van der Waals surface area (Å²) >= 11 is 0. The quantitative estimate of drug-likeness (QED) is 0.606. The fourth-order valence-electron chi connectivity index (χ4n) is 0.725. The van der Waals surface area contributed by atoms with Crippen molar-refractivity contribution in [1.29, 1.82) is 0 Å². The van der Waals surface area contributed by atoms with Gasteiger partial charge in [-0.3, -0.25) is 0 Å². The summed E-state index contributed by atoms with van der Waals surface area (Å²) in [4.78, 5) is 0. The Labute approximate surface area is 68.4 Å². The number of benzene rings is 1. The van der Waals surface area contributed by atoms with Crippen LogP contribution >= 0.6 is 0 Å². The van der Waals surface area contributed by atoms with Crippen molar-refractivity contribution in [3.8, 4) is 0 Å². The van der Waals surface area contributed by atoms with E-state index in [-0.39, 0.29) is 0 Å². The number of hydrogen-bond acceptors (Lipinski definition) is 2. The van der Waals surface area contributed by atoms with Crippen molar-refractivity contribution in [2.24, 2.45) is 0 Å². The summed E-state index contributed by atoms with van der Waals surface area (Å²) in [6.07, 6.45) is 0. The minimum absolute atomic E-state index is 0.792. The zero-order valence-electron chi connectivity index (χ0n) is 7.39. The number of nitrogen functional groups attached to an aromatic ring is 1. The first kappa shape index (κ1) is 9.82. The van der Waals surface area contributed by atoms with Crippen LogP contribution in [0.4, 0.5) is 11.4 Å². The van der Waals surface area contributed by atoms with Gasteiger partial charge >= 0.3 is 0 Å². The summed E-state index contributed by atoms with van der Waals surface area (Å²) in [5.74, 6) is 0. The van der Waals surface area contributed by atoms with Crippen LogP contribution in [0.3, 0.4) is 0 Å². The van der Waals surface area contributed by atoms with E-state index >= 15 is 0 Å². The highest BCUT2D eigenvalue weighted by atomic mass is 14.8. The average molecular weight is 152 g/mol. The molecule has 0 bridgehead atoms. The van der Waals surface area contributed by atoms with Crippen molar-refractivity contribution in [3.63, 3.8) is 0 Å². The van der Waals surface area contributed by atoms with Gasteiger partial charge < -0.3 is 11.1 Å². The van der Waals surface area contributed by atoms with Crippen LogP contribution in [-0.2, 0) is 0 Å². The molecule has 2 heteroatoms. The largest absolute Gasteiger partial charge is 0.397 e. The second-order valence-corrected chi connectivity index (χ2v) is 1.84. The van der Waals surface area contributed by atoms with Crippen LogP contribution in [0.2, 0.25) is 0 Å². The Hall–Kier alpha value is -1.18. The normalized spacial score (nSPS) is 7.91. The van der Waals surface area contributed by atoms with Gasteiger partial charge in [0.05, 0.1) is 11.4 Å². The van der Waals surface area contributed by atoms with E-state index in [4.69, 9.17) is 5.73 Å². The minimum atomic E-state index is 0.792. The van der Waals surface area contributed by atoms with Crippen LogP contribution in [0.5, 0.6) is 0 Å². The van der Waals surface area contributed by atoms with E-state index in [1.165, 1.54) is 0 Å². The monoisotopic (exact) mass is 152 g/mol. The minimum Gasteiger partial charge on any atom is -0.397 e. The predicted molar refractivity (Wildman–Crippen MR) is 51.7 cm³/mol. The molecule has 0 aromatic heterocycles. The predicted octanol–water partition coefficient (Wildman–Crippen LogP) is 2.34. The molecule has 0 saturated heterocycles. The van der Waals surface area contributed by atoms with E-state index in [0.29, 0.717) is 0 Å². The Morgan fingerprint density at radius 1 is 1.18 bits per heavy atom. The maximum atomic E-state index is 5.57. The number of para-hydroxylation sites is 2. The molecule has 0 aliphatic heterocycles. The van der Waals surface area contributed by atoms with Gasteiger partial charge in [-0.2, -0.15) is 0 Å². The van der Waals surface area contributed by atoms with E-state index in [1.54, 1.807) is 0 Å². The van der Waals surface area contributed by atoms with Crippen LogP contribution in [-0.4, -0.2) is 7.05 Å². The first-order chi connectivity index (χ1) is 5.34. The van der Waals surface area contributed by atoms with Crippen molar-refractivity contribution in [2.75, 3.05) is 18.1 Å². The molecule has 0 aliphatic carbocycles. The van der Waals surface area contributed by atoms with E-state index in [9.17, 15) is 0 Å². The molecule has 0 heterocycles. The van der Waals surface area contributed by atoms with Gasteiger partial charge in [0.2, 0.25) is 0 Å². The third kappa shape index (κ3) is 2.94. The van der Waals surface area contributed by atoms with Gasteiger partial charge in [0.25, 0.3) is 0 Å². The summed E-state index contributed by atoms with van der Waals surface area (Å²) in [6, 6.07) is 7.67. The maximum absolute atomic E-state index is 5.57. The summed E-state index contributed by atoms with van der Waals surface area (Å²) in [5.41, 5.74) is 7.34. The molecular formula is C9H16N2. The van der Waals surface area contributed by atoms with E-state index in [1.807, 2.05) is 45.2 Å². The van der Waals surface area contributed by atoms with Gasteiger partial charge in [-0.25, -0.2) is 0 Å². The second-order valence-electron chi connectivity index (χ2n) is 1.84. The lowest BCUT2D eigenvalue weighted by molar-refractivity contribution is 1.50. The van der Waals surface area contributed by atoms with Crippen LogP contribution in [0.15, 0.2) is 24.3 Å². The zero-order valence-corrected chi connectivity index (χ0v) is 7.39. The topological polar surface area (TPSA) is 38.0 Å². The molecular weight excluding hydrogens is 136 g/mol. The number of nitrogens with two attached hydrogens (primary N) is 1. The molecule has 11 heavy (non-hydrogen) atoms. The molecule has 0 radical (unpaired) electrons. The van der Waals surface area contributed by atoms with Crippen LogP contribution < -0.4 is 11.1 Å². The van der Waals surface area contributed by atoms with Crippen molar-refractivity contribution < 1.29 is 0 Å². The van der Waals surface area contributed by atoms with E-state index in [0.717, 1.165) is 11.4 Å². The first-order valence-corrected chi connectivity index (χ1v) is 3.87. The van der Waals surface area contributed by atoms with E-state index < -0.39 is 0 Å². The highest BCUT2D eigenvalue weighted by molar-refractivity contribution is 5.65. The summed E-state index contributed by atoms with van der Waals surface area (Å²) in [7, 11) is 1.85. The Kier molecular flexibility index (Phi) is 4.99. The third-order valence-corrected chi connectivity index (χ3v) is 1.23. The molecule has 1 rings (SSSR count). The Morgan fingerprint density at radius 3 is 2.09 bits per heavy atom. The smallest absolute Gasteiger partial charge is 0.0571 e. The molecule has 0 saturated carbocycles. The summed E-state index contributed by atoms with van der Waals surface area (Å²) < 4.78 is 0. The zero-order chi connectivity index (χ0) is 8.69. The summed E-state index contributed by atoms with van der Waals surface area (Å²) in [5, 5.41) is 2.97.